The van der Waals surface area contributed by atoms with E-state index in [1.165, 1.54) is 0 Å². The van der Waals surface area contributed by atoms with Gasteiger partial charge in [0.1, 0.15) is 0 Å². The lowest BCUT2D eigenvalue weighted by atomic mass is 10.1. The van der Waals surface area contributed by atoms with Gasteiger partial charge in [0.15, 0.2) is 6.10 Å². The predicted molar refractivity (Wildman–Crippen MR) is 97.2 cm³/mol. The van der Waals surface area contributed by atoms with E-state index < -0.39 is 6.10 Å². The molecule has 0 saturated carbocycles. The number of rotatable bonds is 6. The lowest BCUT2D eigenvalue weighted by Crippen LogP contribution is -2.30. The van der Waals surface area contributed by atoms with Gasteiger partial charge in [0.05, 0.1) is 0 Å². The first-order valence-electron chi connectivity index (χ1n) is 8.24. The molecule has 1 aromatic heterocycles. The van der Waals surface area contributed by atoms with Crippen LogP contribution in [0.15, 0.2) is 60.8 Å². The van der Waals surface area contributed by atoms with Crippen molar-refractivity contribution in [3.8, 4) is 0 Å². The molecule has 0 aliphatic heterocycles. The fraction of sp³-hybridized carbons (Fsp3) is 0.200. The molecule has 1 amide bonds. The highest BCUT2D eigenvalue weighted by atomic mass is 16.5. The smallest absolute Gasteiger partial charge is 0.306 e. The lowest BCUT2D eigenvalue weighted by molar-refractivity contribution is -0.153. The van der Waals surface area contributed by atoms with E-state index in [0.29, 0.717) is 12.1 Å². The normalized spacial score (nSPS) is 11.9. The van der Waals surface area contributed by atoms with Crippen LogP contribution in [0.4, 0.5) is 5.69 Å². The summed E-state index contributed by atoms with van der Waals surface area (Å²) in [7, 11) is 0. The van der Waals surface area contributed by atoms with Crippen LogP contribution in [0.3, 0.4) is 0 Å². The Morgan fingerprint density at radius 1 is 1.08 bits per heavy atom. The van der Waals surface area contributed by atoms with Crippen molar-refractivity contribution in [2.24, 2.45) is 0 Å². The van der Waals surface area contributed by atoms with Crippen LogP contribution >= 0.6 is 0 Å². The molecule has 1 heterocycles. The Morgan fingerprint density at radius 2 is 1.80 bits per heavy atom. The minimum Gasteiger partial charge on any atom is -0.453 e. The first kappa shape index (κ1) is 16.8. The molecule has 1 atom stereocenters. The van der Waals surface area contributed by atoms with Crippen LogP contribution in [0.25, 0.3) is 10.9 Å². The number of hydrogen-bond acceptors (Lipinski definition) is 3. The number of hydrogen-bond donors (Lipinski definition) is 2. The van der Waals surface area contributed by atoms with Crippen LogP contribution in [-0.2, 0) is 20.7 Å². The van der Waals surface area contributed by atoms with Crippen molar-refractivity contribution >= 4 is 28.5 Å². The van der Waals surface area contributed by atoms with Crippen molar-refractivity contribution in [2.75, 3.05) is 5.32 Å². The van der Waals surface area contributed by atoms with Crippen LogP contribution in [0.1, 0.15) is 18.9 Å². The quantitative estimate of drug-likeness (QED) is 0.675. The summed E-state index contributed by atoms with van der Waals surface area (Å²) in [5.41, 5.74) is 2.78. The summed E-state index contributed by atoms with van der Waals surface area (Å²) in [6.07, 6.45) is 1.86. The van der Waals surface area contributed by atoms with Crippen LogP contribution in [0.2, 0.25) is 0 Å². The van der Waals surface area contributed by atoms with Crippen LogP contribution in [0.5, 0.6) is 0 Å². The molecule has 2 aromatic carbocycles. The summed E-state index contributed by atoms with van der Waals surface area (Å²) in [4.78, 5) is 27.3. The predicted octanol–water partition coefficient (Wildman–Crippen LogP) is 3.67. The molecule has 3 aromatic rings. The summed E-state index contributed by atoms with van der Waals surface area (Å²) in [5.74, 6) is -0.729. The molecule has 0 bridgehead atoms. The fourth-order valence-electron chi connectivity index (χ4n) is 2.65. The Morgan fingerprint density at radius 3 is 2.60 bits per heavy atom. The van der Waals surface area contributed by atoms with Gasteiger partial charge in [-0.05, 0) is 37.1 Å². The van der Waals surface area contributed by atoms with Crippen molar-refractivity contribution in [3.05, 3.63) is 66.4 Å². The number of aromatic nitrogens is 1. The van der Waals surface area contributed by atoms with Crippen LogP contribution < -0.4 is 5.32 Å². The molecule has 2 N–H and O–H groups in total. The highest BCUT2D eigenvalue weighted by Crippen LogP contribution is 2.19. The van der Waals surface area contributed by atoms with Gasteiger partial charge in [-0.15, -0.1) is 0 Å². The van der Waals surface area contributed by atoms with E-state index in [-0.39, 0.29) is 18.3 Å². The van der Waals surface area contributed by atoms with Gasteiger partial charge in [-0.2, -0.15) is 0 Å². The summed E-state index contributed by atoms with van der Waals surface area (Å²) in [6.45, 7) is 1.57. The highest BCUT2D eigenvalue weighted by Gasteiger charge is 2.18. The third-order valence-corrected chi connectivity index (χ3v) is 3.99. The zero-order valence-corrected chi connectivity index (χ0v) is 14.0. The molecule has 0 radical (unpaired) electrons. The van der Waals surface area contributed by atoms with E-state index in [1.807, 2.05) is 48.7 Å². The first-order valence-corrected chi connectivity index (χ1v) is 8.24. The van der Waals surface area contributed by atoms with Gasteiger partial charge in [-0.3, -0.25) is 9.59 Å². The minimum atomic E-state index is -0.837. The SMILES string of the molecule is C[C@@H](OC(=O)CCc1c[nH]c2ccccc12)C(=O)Nc1ccccc1. The van der Waals surface area contributed by atoms with Gasteiger partial charge in [0, 0.05) is 29.2 Å². The molecule has 25 heavy (non-hydrogen) atoms. The summed E-state index contributed by atoms with van der Waals surface area (Å²) < 4.78 is 5.23. The van der Waals surface area contributed by atoms with Crippen molar-refractivity contribution in [2.45, 2.75) is 25.9 Å². The average molecular weight is 336 g/mol. The van der Waals surface area contributed by atoms with Crippen molar-refractivity contribution in [1.82, 2.24) is 4.98 Å². The number of aryl methyl sites for hydroxylation is 1. The number of anilines is 1. The molecule has 0 aliphatic carbocycles. The molecule has 0 unspecified atom stereocenters. The molecule has 0 aliphatic rings. The van der Waals surface area contributed by atoms with E-state index in [1.54, 1.807) is 19.1 Å². The summed E-state index contributed by atoms with van der Waals surface area (Å²) in [6, 6.07) is 17.0. The number of aromatic amines is 1. The van der Waals surface area contributed by atoms with Gasteiger partial charge in [0.2, 0.25) is 0 Å². The van der Waals surface area contributed by atoms with E-state index in [0.717, 1.165) is 16.5 Å². The number of para-hydroxylation sites is 2. The lowest BCUT2D eigenvalue weighted by Gasteiger charge is -2.13. The standard InChI is InChI=1S/C20H20N2O3/c1-14(20(24)22-16-7-3-2-4-8-16)25-19(23)12-11-15-13-21-18-10-6-5-9-17(15)18/h2-10,13-14,21H,11-12H2,1H3,(H,22,24)/t14-/m1/s1. The van der Waals surface area contributed by atoms with E-state index in [9.17, 15) is 9.59 Å². The summed E-state index contributed by atoms with van der Waals surface area (Å²) >= 11 is 0. The minimum absolute atomic E-state index is 0.227. The van der Waals surface area contributed by atoms with Crippen molar-refractivity contribution in [3.63, 3.8) is 0 Å². The van der Waals surface area contributed by atoms with Gasteiger partial charge >= 0.3 is 5.97 Å². The maximum atomic E-state index is 12.1. The first-order chi connectivity index (χ1) is 12.1. The number of fused-ring (bicyclic) bond motifs is 1. The largest absolute Gasteiger partial charge is 0.453 e. The zero-order chi connectivity index (χ0) is 17.6. The topological polar surface area (TPSA) is 71.2 Å². The number of carbonyl (C=O) groups excluding carboxylic acids is 2. The maximum absolute atomic E-state index is 12.1. The number of amides is 1. The Bertz CT molecular complexity index is 871. The van der Waals surface area contributed by atoms with Gasteiger partial charge in [0.25, 0.3) is 5.91 Å². The van der Waals surface area contributed by atoms with Crippen LogP contribution in [-0.4, -0.2) is 23.0 Å². The Kier molecular flexibility index (Phi) is 5.14. The van der Waals surface area contributed by atoms with Gasteiger partial charge in [-0.1, -0.05) is 36.4 Å². The number of nitrogens with one attached hydrogen (secondary N) is 2. The fourth-order valence-corrected chi connectivity index (χ4v) is 2.65. The number of ether oxygens (including phenoxy) is 1. The van der Waals surface area contributed by atoms with Crippen molar-refractivity contribution < 1.29 is 14.3 Å². The molecule has 3 rings (SSSR count). The molecule has 5 nitrogen and oxygen atoms in total. The second kappa shape index (κ2) is 7.66. The maximum Gasteiger partial charge on any atom is 0.306 e. The second-order valence-corrected chi connectivity index (χ2v) is 5.85. The number of carbonyl (C=O) groups is 2. The summed E-state index contributed by atoms with van der Waals surface area (Å²) in [5, 5.41) is 3.82. The molecule has 0 saturated heterocycles. The van der Waals surface area contributed by atoms with E-state index in [2.05, 4.69) is 10.3 Å². The number of benzene rings is 2. The molecule has 0 fully saturated rings. The Balaban J connectivity index is 1.51. The monoisotopic (exact) mass is 336 g/mol. The van der Waals surface area contributed by atoms with Gasteiger partial charge in [-0.25, -0.2) is 0 Å². The van der Waals surface area contributed by atoms with Crippen molar-refractivity contribution in [1.29, 1.82) is 0 Å². The average Bonchev–Trinajstić information content (AvgIpc) is 3.04. The second-order valence-electron chi connectivity index (χ2n) is 5.85. The zero-order valence-electron chi connectivity index (χ0n) is 14.0. The molecule has 0 spiro atoms. The molecular weight excluding hydrogens is 316 g/mol. The molecular formula is C20H20N2O3. The van der Waals surface area contributed by atoms with E-state index >= 15 is 0 Å². The Labute approximate surface area is 146 Å². The Hall–Kier alpha value is -3.08. The third kappa shape index (κ3) is 4.26. The number of esters is 1. The number of H-pyrrole nitrogens is 1. The molecule has 5 heteroatoms. The third-order valence-electron chi connectivity index (χ3n) is 3.99. The molecule has 128 valence electrons. The van der Waals surface area contributed by atoms with E-state index in [4.69, 9.17) is 4.74 Å². The van der Waals surface area contributed by atoms with Gasteiger partial charge < -0.3 is 15.0 Å². The highest BCUT2D eigenvalue weighted by molar-refractivity contribution is 5.95. The van der Waals surface area contributed by atoms with Crippen LogP contribution in [0, 0.1) is 0 Å².